The first-order valence-electron chi connectivity index (χ1n) is 7.10. The summed E-state index contributed by atoms with van der Waals surface area (Å²) in [5, 5.41) is 12.6. The van der Waals surface area contributed by atoms with Gasteiger partial charge in [-0.1, -0.05) is 13.8 Å². The SMILES string of the molecule is CC(C)CN(CCC#N)C(=O)CSC1CCNCC1. The van der Waals surface area contributed by atoms with E-state index >= 15 is 0 Å². The lowest BCUT2D eigenvalue weighted by Gasteiger charge is -2.26. The van der Waals surface area contributed by atoms with Crippen molar-refractivity contribution in [2.45, 2.75) is 38.4 Å². The number of hydrogen-bond donors (Lipinski definition) is 1. The molecule has 0 radical (unpaired) electrons. The first-order valence-corrected chi connectivity index (χ1v) is 8.15. The van der Waals surface area contributed by atoms with E-state index in [1.54, 1.807) is 11.8 Å². The van der Waals surface area contributed by atoms with Gasteiger partial charge >= 0.3 is 0 Å². The summed E-state index contributed by atoms with van der Waals surface area (Å²) in [4.78, 5) is 14.1. The van der Waals surface area contributed by atoms with Crippen molar-refractivity contribution in [3.8, 4) is 6.07 Å². The average molecular weight is 283 g/mol. The van der Waals surface area contributed by atoms with E-state index in [0.29, 0.717) is 29.9 Å². The highest BCUT2D eigenvalue weighted by Crippen LogP contribution is 2.20. The average Bonchev–Trinajstić information content (AvgIpc) is 2.41. The maximum absolute atomic E-state index is 12.2. The molecule has 0 aromatic rings. The Morgan fingerprint density at radius 1 is 1.47 bits per heavy atom. The second kappa shape index (κ2) is 9.22. The Balaban J connectivity index is 2.35. The van der Waals surface area contributed by atoms with E-state index in [2.05, 4.69) is 25.2 Å². The lowest BCUT2D eigenvalue weighted by molar-refractivity contribution is -0.128. The highest BCUT2D eigenvalue weighted by atomic mass is 32.2. The Hall–Kier alpha value is -0.730. The summed E-state index contributed by atoms with van der Waals surface area (Å²) >= 11 is 1.78. The van der Waals surface area contributed by atoms with Gasteiger partial charge in [0.05, 0.1) is 18.2 Å². The van der Waals surface area contributed by atoms with Crippen molar-refractivity contribution in [1.82, 2.24) is 10.2 Å². The predicted octanol–water partition coefficient (Wildman–Crippen LogP) is 1.87. The Labute approximate surface area is 120 Å². The minimum absolute atomic E-state index is 0.187. The molecule has 5 heteroatoms. The summed E-state index contributed by atoms with van der Waals surface area (Å²) in [5.74, 6) is 1.20. The normalized spacial score (nSPS) is 16.3. The molecule has 1 heterocycles. The van der Waals surface area contributed by atoms with E-state index in [0.717, 1.165) is 32.5 Å². The van der Waals surface area contributed by atoms with Gasteiger partial charge in [0.2, 0.25) is 5.91 Å². The van der Waals surface area contributed by atoms with Crippen LogP contribution in [0.5, 0.6) is 0 Å². The molecular weight excluding hydrogens is 258 g/mol. The monoisotopic (exact) mass is 283 g/mol. The second-order valence-electron chi connectivity index (χ2n) is 5.40. The maximum Gasteiger partial charge on any atom is 0.232 e. The Kier molecular flexibility index (Phi) is 7.92. The summed E-state index contributed by atoms with van der Waals surface area (Å²) in [6.45, 7) is 7.67. The third-order valence-electron chi connectivity index (χ3n) is 3.16. The van der Waals surface area contributed by atoms with E-state index in [9.17, 15) is 4.79 Å². The number of carbonyl (C=O) groups is 1. The number of thioether (sulfide) groups is 1. The molecule has 0 aromatic heterocycles. The summed E-state index contributed by atoms with van der Waals surface area (Å²) in [5.41, 5.74) is 0. The fourth-order valence-electron chi connectivity index (χ4n) is 2.19. The highest BCUT2D eigenvalue weighted by molar-refractivity contribution is 8.00. The zero-order chi connectivity index (χ0) is 14.1. The van der Waals surface area contributed by atoms with Crippen LogP contribution in [0.4, 0.5) is 0 Å². The number of hydrogen-bond acceptors (Lipinski definition) is 4. The fraction of sp³-hybridized carbons (Fsp3) is 0.857. The number of amides is 1. The number of rotatable bonds is 7. The van der Waals surface area contributed by atoms with Crippen LogP contribution in [0.3, 0.4) is 0 Å². The largest absolute Gasteiger partial charge is 0.341 e. The van der Waals surface area contributed by atoms with Gasteiger partial charge in [-0.3, -0.25) is 4.79 Å². The van der Waals surface area contributed by atoms with E-state index in [4.69, 9.17) is 5.26 Å². The number of piperidine rings is 1. The highest BCUT2D eigenvalue weighted by Gasteiger charge is 2.18. The molecule has 0 unspecified atom stereocenters. The van der Waals surface area contributed by atoms with Crippen molar-refractivity contribution in [2.24, 2.45) is 5.92 Å². The number of nitriles is 1. The summed E-state index contributed by atoms with van der Waals surface area (Å²) in [6, 6.07) is 2.12. The zero-order valence-electron chi connectivity index (χ0n) is 12.0. The van der Waals surface area contributed by atoms with Crippen LogP contribution < -0.4 is 5.32 Å². The first-order chi connectivity index (χ1) is 9.13. The second-order valence-corrected chi connectivity index (χ2v) is 6.69. The number of carbonyl (C=O) groups excluding carboxylic acids is 1. The minimum Gasteiger partial charge on any atom is -0.341 e. The molecule has 108 valence electrons. The van der Waals surface area contributed by atoms with Crippen molar-refractivity contribution in [3.63, 3.8) is 0 Å². The van der Waals surface area contributed by atoms with Crippen molar-refractivity contribution >= 4 is 17.7 Å². The lowest BCUT2D eigenvalue weighted by Crippen LogP contribution is -2.37. The molecule has 1 N–H and O–H groups in total. The van der Waals surface area contributed by atoms with Gasteiger partial charge in [0.1, 0.15) is 0 Å². The summed E-state index contributed by atoms with van der Waals surface area (Å²) in [7, 11) is 0. The van der Waals surface area contributed by atoms with Crippen LogP contribution in [0, 0.1) is 17.2 Å². The van der Waals surface area contributed by atoms with Gasteiger partial charge < -0.3 is 10.2 Å². The van der Waals surface area contributed by atoms with Crippen molar-refractivity contribution in [1.29, 1.82) is 5.26 Å². The van der Waals surface area contributed by atoms with Crippen molar-refractivity contribution in [3.05, 3.63) is 0 Å². The predicted molar refractivity (Wildman–Crippen MR) is 80.0 cm³/mol. The maximum atomic E-state index is 12.2. The smallest absolute Gasteiger partial charge is 0.232 e. The zero-order valence-corrected chi connectivity index (χ0v) is 12.8. The van der Waals surface area contributed by atoms with Crippen LogP contribution in [0.1, 0.15) is 33.1 Å². The molecule has 1 fully saturated rings. The van der Waals surface area contributed by atoms with Crippen molar-refractivity contribution < 1.29 is 4.79 Å². The lowest BCUT2D eigenvalue weighted by atomic mass is 10.2. The minimum atomic E-state index is 0.187. The third-order valence-corrected chi connectivity index (χ3v) is 4.52. The Morgan fingerprint density at radius 3 is 2.74 bits per heavy atom. The van der Waals surface area contributed by atoms with E-state index < -0.39 is 0 Å². The van der Waals surface area contributed by atoms with Crippen LogP contribution >= 0.6 is 11.8 Å². The Bertz CT molecular complexity index is 308. The molecule has 0 saturated carbocycles. The summed E-state index contributed by atoms with van der Waals surface area (Å²) in [6.07, 6.45) is 2.73. The van der Waals surface area contributed by atoms with Crippen LogP contribution in [-0.2, 0) is 4.79 Å². The van der Waals surface area contributed by atoms with Gasteiger partial charge in [0, 0.05) is 18.3 Å². The topological polar surface area (TPSA) is 56.1 Å². The molecule has 1 amide bonds. The van der Waals surface area contributed by atoms with Gasteiger partial charge in [-0.2, -0.15) is 5.26 Å². The van der Waals surface area contributed by atoms with E-state index in [1.165, 1.54) is 0 Å². The first kappa shape index (κ1) is 16.3. The Morgan fingerprint density at radius 2 is 2.16 bits per heavy atom. The van der Waals surface area contributed by atoms with Gasteiger partial charge in [-0.25, -0.2) is 0 Å². The third kappa shape index (κ3) is 6.84. The van der Waals surface area contributed by atoms with E-state index in [1.807, 2.05) is 4.90 Å². The number of nitrogens with one attached hydrogen (secondary N) is 1. The summed E-state index contributed by atoms with van der Waals surface area (Å²) < 4.78 is 0. The van der Waals surface area contributed by atoms with Crippen LogP contribution in [0.15, 0.2) is 0 Å². The standard InChI is InChI=1S/C14H25N3OS/c1-12(2)10-17(9-3-6-15)14(18)11-19-13-4-7-16-8-5-13/h12-13,16H,3-5,7-11H2,1-2H3. The molecule has 0 bridgehead atoms. The van der Waals surface area contributed by atoms with E-state index in [-0.39, 0.29) is 5.91 Å². The fourth-order valence-corrected chi connectivity index (χ4v) is 3.32. The number of nitrogens with zero attached hydrogens (tertiary/aromatic N) is 2. The van der Waals surface area contributed by atoms with Crippen LogP contribution in [0.25, 0.3) is 0 Å². The molecule has 19 heavy (non-hydrogen) atoms. The van der Waals surface area contributed by atoms with Crippen LogP contribution in [0.2, 0.25) is 0 Å². The van der Waals surface area contributed by atoms with Gasteiger partial charge in [0.25, 0.3) is 0 Å². The van der Waals surface area contributed by atoms with Gasteiger partial charge in [0.15, 0.2) is 0 Å². The molecule has 1 saturated heterocycles. The molecular formula is C14H25N3OS. The quantitative estimate of drug-likeness (QED) is 0.775. The van der Waals surface area contributed by atoms with Gasteiger partial charge in [-0.05, 0) is 31.8 Å². The molecule has 0 atom stereocenters. The molecule has 0 aromatic carbocycles. The van der Waals surface area contributed by atoms with Crippen LogP contribution in [-0.4, -0.2) is 48.0 Å². The van der Waals surface area contributed by atoms with Gasteiger partial charge in [-0.15, -0.1) is 11.8 Å². The van der Waals surface area contributed by atoms with Crippen molar-refractivity contribution in [2.75, 3.05) is 31.9 Å². The molecule has 1 rings (SSSR count). The molecule has 0 aliphatic carbocycles. The molecule has 1 aliphatic heterocycles. The molecule has 0 spiro atoms. The molecule has 4 nitrogen and oxygen atoms in total. The molecule has 1 aliphatic rings.